The fraction of sp³-hybridized carbons (Fsp3) is 0.182. The van der Waals surface area contributed by atoms with E-state index in [1.54, 1.807) is 24.3 Å². The normalized spacial score (nSPS) is 10.6. The maximum Gasteiger partial charge on any atom is 0.239 e. The van der Waals surface area contributed by atoms with Gasteiger partial charge in [-0.05, 0) is 24.3 Å². The Morgan fingerprint density at radius 2 is 1.94 bits per heavy atom. The van der Waals surface area contributed by atoms with Gasteiger partial charge in [-0.25, -0.2) is 8.42 Å². The number of amides is 1. The van der Waals surface area contributed by atoms with E-state index in [9.17, 15) is 13.2 Å². The van der Waals surface area contributed by atoms with Gasteiger partial charge in [0, 0.05) is 10.7 Å². The van der Waals surface area contributed by atoms with Crippen LogP contribution in [0.5, 0.6) is 0 Å². The summed E-state index contributed by atoms with van der Waals surface area (Å²) in [5.74, 6) is 0.308. The molecule has 0 unspecified atom stereocenters. The molecule has 0 aliphatic rings. The predicted octanol–water partition coefficient (Wildman–Crippen LogP) is 1.33. The highest BCUT2D eigenvalue weighted by molar-refractivity contribution is 7.92. The molecule has 1 aromatic rings. The third-order valence-electron chi connectivity index (χ3n) is 1.78. The van der Waals surface area contributed by atoms with Crippen LogP contribution in [0.15, 0.2) is 24.3 Å². The molecule has 0 fully saturated rings. The Labute approximate surface area is 105 Å². The standard InChI is InChI=1S/C11H10ClNO3S/c1-2-7-17(15,16)8-11(14)13-10-5-3-9(12)4-6-10/h1,3-6H,7-8H2,(H,13,14). The minimum absolute atomic E-state index is 0.443. The second-order valence-corrected chi connectivity index (χ2v) is 5.79. The fourth-order valence-corrected chi connectivity index (χ4v) is 2.06. The number of anilines is 1. The van der Waals surface area contributed by atoms with E-state index >= 15 is 0 Å². The Morgan fingerprint density at radius 3 is 2.47 bits per heavy atom. The lowest BCUT2D eigenvalue weighted by Crippen LogP contribution is -2.24. The molecule has 4 nitrogen and oxygen atoms in total. The van der Waals surface area contributed by atoms with Crippen LogP contribution in [0.25, 0.3) is 0 Å². The van der Waals surface area contributed by atoms with Crippen molar-refractivity contribution >= 4 is 33.0 Å². The molecule has 6 heteroatoms. The minimum atomic E-state index is -3.53. The molecule has 1 amide bonds. The minimum Gasteiger partial charge on any atom is -0.325 e. The quantitative estimate of drug-likeness (QED) is 0.841. The van der Waals surface area contributed by atoms with E-state index in [-0.39, 0.29) is 0 Å². The molecule has 90 valence electrons. The summed E-state index contributed by atoms with van der Waals surface area (Å²) in [6.45, 7) is 0. The number of carbonyl (C=O) groups is 1. The van der Waals surface area contributed by atoms with Gasteiger partial charge < -0.3 is 5.32 Å². The zero-order valence-electron chi connectivity index (χ0n) is 8.81. The maximum absolute atomic E-state index is 11.4. The summed E-state index contributed by atoms with van der Waals surface area (Å²) in [6, 6.07) is 6.34. The van der Waals surface area contributed by atoms with Crippen LogP contribution in [0.1, 0.15) is 0 Å². The van der Waals surface area contributed by atoms with Crippen LogP contribution in [-0.2, 0) is 14.6 Å². The van der Waals surface area contributed by atoms with Gasteiger partial charge in [-0.3, -0.25) is 4.79 Å². The van der Waals surface area contributed by atoms with Gasteiger partial charge in [0.25, 0.3) is 0 Å². The molecule has 0 heterocycles. The molecule has 17 heavy (non-hydrogen) atoms. The third-order valence-corrected chi connectivity index (χ3v) is 3.34. The van der Waals surface area contributed by atoms with Crippen molar-refractivity contribution in [1.29, 1.82) is 0 Å². The van der Waals surface area contributed by atoms with E-state index in [4.69, 9.17) is 18.0 Å². The van der Waals surface area contributed by atoms with Gasteiger partial charge in [0.1, 0.15) is 11.5 Å². The zero-order chi connectivity index (χ0) is 12.9. The van der Waals surface area contributed by atoms with E-state index in [1.165, 1.54) is 0 Å². The summed E-state index contributed by atoms with van der Waals surface area (Å²) < 4.78 is 22.5. The summed E-state index contributed by atoms with van der Waals surface area (Å²) in [5.41, 5.74) is 0.482. The van der Waals surface area contributed by atoms with E-state index in [0.717, 1.165) is 0 Å². The summed E-state index contributed by atoms with van der Waals surface area (Å²) in [7, 11) is -3.53. The van der Waals surface area contributed by atoms with Crippen LogP contribution >= 0.6 is 11.6 Å². The summed E-state index contributed by atoms with van der Waals surface area (Å²) in [6.07, 6.45) is 4.88. The SMILES string of the molecule is C#CCS(=O)(=O)CC(=O)Nc1ccc(Cl)cc1. The van der Waals surface area contributed by atoms with E-state index < -0.39 is 27.3 Å². The third kappa shape index (κ3) is 4.89. The van der Waals surface area contributed by atoms with Crippen LogP contribution in [-0.4, -0.2) is 25.8 Å². The lowest BCUT2D eigenvalue weighted by molar-refractivity contribution is -0.113. The molecule has 0 atom stereocenters. The average molecular weight is 272 g/mol. The van der Waals surface area contributed by atoms with Crippen LogP contribution in [0.4, 0.5) is 5.69 Å². The van der Waals surface area contributed by atoms with Crippen molar-refractivity contribution in [1.82, 2.24) is 0 Å². The summed E-state index contributed by atoms with van der Waals surface area (Å²) in [4.78, 5) is 11.4. The highest BCUT2D eigenvalue weighted by Gasteiger charge is 2.15. The average Bonchev–Trinajstić information content (AvgIpc) is 2.20. The van der Waals surface area contributed by atoms with E-state index in [0.29, 0.717) is 10.7 Å². The molecule has 0 spiro atoms. The largest absolute Gasteiger partial charge is 0.325 e. The van der Waals surface area contributed by atoms with E-state index in [1.807, 2.05) is 5.92 Å². The second-order valence-electron chi connectivity index (χ2n) is 3.29. The van der Waals surface area contributed by atoms with Gasteiger partial charge in [0.15, 0.2) is 9.84 Å². The first-order valence-electron chi connectivity index (χ1n) is 4.62. The monoisotopic (exact) mass is 271 g/mol. The Kier molecular flexibility index (Phi) is 4.55. The lowest BCUT2D eigenvalue weighted by Gasteiger charge is -2.04. The molecule has 0 aliphatic carbocycles. The molecule has 0 aliphatic heterocycles. The van der Waals surface area contributed by atoms with Crippen molar-refractivity contribution in [2.45, 2.75) is 0 Å². The van der Waals surface area contributed by atoms with Crippen molar-refractivity contribution in [3.8, 4) is 12.3 Å². The van der Waals surface area contributed by atoms with Crippen LogP contribution < -0.4 is 5.32 Å². The summed E-state index contributed by atoms with van der Waals surface area (Å²) in [5, 5.41) is 2.97. The predicted molar refractivity (Wildman–Crippen MR) is 67.6 cm³/mol. The smallest absolute Gasteiger partial charge is 0.239 e. The second kappa shape index (κ2) is 5.71. The number of hydrogen-bond acceptors (Lipinski definition) is 3. The van der Waals surface area contributed by atoms with E-state index in [2.05, 4.69) is 5.32 Å². The highest BCUT2D eigenvalue weighted by atomic mass is 35.5. The number of sulfone groups is 1. The first-order chi connectivity index (χ1) is 7.93. The van der Waals surface area contributed by atoms with Crippen molar-refractivity contribution in [2.75, 3.05) is 16.8 Å². The van der Waals surface area contributed by atoms with Crippen LogP contribution in [0, 0.1) is 12.3 Å². The molecule has 0 radical (unpaired) electrons. The maximum atomic E-state index is 11.4. The van der Waals surface area contributed by atoms with Gasteiger partial charge in [-0.15, -0.1) is 6.42 Å². The highest BCUT2D eigenvalue weighted by Crippen LogP contribution is 2.13. The van der Waals surface area contributed by atoms with Crippen LogP contribution in [0.2, 0.25) is 5.02 Å². The van der Waals surface area contributed by atoms with Crippen molar-refractivity contribution in [2.24, 2.45) is 0 Å². The van der Waals surface area contributed by atoms with Gasteiger partial charge in [0.05, 0.1) is 0 Å². The van der Waals surface area contributed by atoms with Gasteiger partial charge in [0.2, 0.25) is 5.91 Å². The van der Waals surface area contributed by atoms with Gasteiger partial charge >= 0.3 is 0 Å². The number of rotatable bonds is 4. The zero-order valence-corrected chi connectivity index (χ0v) is 10.4. The number of benzene rings is 1. The van der Waals surface area contributed by atoms with Crippen molar-refractivity contribution in [3.05, 3.63) is 29.3 Å². The molecule has 0 saturated heterocycles. The fourth-order valence-electron chi connectivity index (χ4n) is 1.11. The molecular formula is C11H10ClNO3S. The Morgan fingerprint density at radius 1 is 1.35 bits per heavy atom. The Balaban J connectivity index is 2.62. The Bertz CT molecular complexity index is 543. The van der Waals surface area contributed by atoms with Crippen molar-refractivity contribution in [3.63, 3.8) is 0 Å². The molecule has 0 aromatic heterocycles. The number of nitrogens with one attached hydrogen (secondary N) is 1. The Hall–Kier alpha value is -1.51. The van der Waals surface area contributed by atoms with Crippen molar-refractivity contribution < 1.29 is 13.2 Å². The molecule has 0 saturated carbocycles. The molecular weight excluding hydrogens is 262 g/mol. The van der Waals surface area contributed by atoms with Crippen LogP contribution in [0.3, 0.4) is 0 Å². The summed E-state index contributed by atoms with van der Waals surface area (Å²) >= 11 is 5.67. The topological polar surface area (TPSA) is 63.2 Å². The molecule has 1 N–H and O–H groups in total. The molecule has 1 aromatic carbocycles. The molecule has 1 rings (SSSR count). The lowest BCUT2D eigenvalue weighted by atomic mass is 10.3. The van der Waals surface area contributed by atoms with Gasteiger partial charge in [-0.1, -0.05) is 17.5 Å². The number of carbonyl (C=O) groups excluding carboxylic acids is 1. The first kappa shape index (κ1) is 13.6. The first-order valence-corrected chi connectivity index (χ1v) is 6.82. The number of halogens is 1. The van der Waals surface area contributed by atoms with Gasteiger partial charge in [-0.2, -0.15) is 0 Å². The number of hydrogen-bond donors (Lipinski definition) is 1. The number of terminal acetylenes is 1. The molecule has 0 bridgehead atoms.